The van der Waals surface area contributed by atoms with E-state index in [1.54, 1.807) is 0 Å². The normalized spacial score (nSPS) is 11.7. The molecule has 0 aliphatic carbocycles. The zero-order valence-electron chi connectivity index (χ0n) is 16.4. The van der Waals surface area contributed by atoms with Crippen LogP contribution in [0.4, 0.5) is 0 Å². The maximum Gasteiger partial charge on any atom is 0.145 e. The Labute approximate surface area is 168 Å². The van der Waals surface area contributed by atoms with E-state index in [2.05, 4.69) is 110 Å². The minimum Gasteiger partial charge on any atom is -0.343 e. The average Bonchev–Trinajstić information content (AvgIpc) is 3.23. The fraction of sp³-hybridized carbons (Fsp3) is 0.160. The van der Waals surface area contributed by atoms with Gasteiger partial charge in [0.25, 0.3) is 0 Å². The fourth-order valence-corrected chi connectivity index (χ4v) is 7.84. The van der Waals surface area contributed by atoms with Gasteiger partial charge < -0.3 is 4.98 Å². The average molecular weight is 385 g/mol. The summed E-state index contributed by atoms with van der Waals surface area (Å²) in [6, 6.07) is 32.9. The van der Waals surface area contributed by atoms with Crippen LogP contribution >= 0.6 is 7.26 Å². The van der Waals surface area contributed by atoms with E-state index in [0.29, 0.717) is 5.92 Å². The molecule has 1 N–H and O–H groups in total. The molecule has 1 heterocycles. The van der Waals surface area contributed by atoms with Crippen LogP contribution in [0.15, 0.2) is 97.2 Å². The van der Waals surface area contributed by atoms with Crippen LogP contribution < -0.4 is 15.9 Å². The number of hydrogen-bond donors (Lipinski definition) is 1. The van der Waals surface area contributed by atoms with E-state index in [1.165, 1.54) is 21.6 Å². The van der Waals surface area contributed by atoms with Gasteiger partial charge in [-0.25, -0.2) is 4.98 Å². The number of aromatic nitrogens is 2. The Morgan fingerprint density at radius 2 is 1.14 bits per heavy atom. The SMILES string of the molecule is CC(C)c1cnc(C[P+](c2ccccc2)(c2ccccc2)c2ccccc2)[nH]1. The molecule has 3 heteroatoms. The summed E-state index contributed by atoms with van der Waals surface area (Å²) in [5, 5.41) is 4.15. The second kappa shape index (κ2) is 8.12. The number of benzene rings is 3. The molecule has 0 bridgehead atoms. The highest BCUT2D eigenvalue weighted by atomic mass is 31.2. The molecule has 3 aromatic carbocycles. The lowest BCUT2D eigenvalue weighted by molar-refractivity contribution is 0.828. The van der Waals surface area contributed by atoms with Gasteiger partial charge in [0.2, 0.25) is 0 Å². The van der Waals surface area contributed by atoms with Gasteiger partial charge in [0.1, 0.15) is 35.2 Å². The monoisotopic (exact) mass is 385 g/mol. The fourth-order valence-electron chi connectivity index (χ4n) is 3.75. The van der Waals surface area contributed by atoms with E-state index in [-0.39, 0.29) is 0 Å². The van der Waals surface area contributed by atoms with E-state index in [4.69, 9.17) is 4.98 Å². The molecule has 1 aromatic heterocycles. The molecule has 0 fully saturated rings. The Morgan fingerprint density at radius 3 is 1.50 bits per heavy atom. The maximum atomic E-state index is 4.77. The van der Waals surface area contributed by atoms with Crippen molar-refractivity contribution in [2.24, 2.45) is 0 Å². The molecular formula is C25H26N2P+. The summed E-state index contributed by atoms with van der Waals surface area (Å²) in [5.74, 6) is 1.51. The third-order valence-corrected chi connectivity index (χ3v) is 9.56. The lowest BCUT2D eigenvalue weighted by atomic mass is 10.2. The highest BCUT2D eigenvalue weighted by Gasteiger charge is 2.46. The first-order chi connectivity index (χ1) is 13.7. The molecule has 0 aliphatic heterocycles. The molecule has 0 amide bonds. The van der Waals surface area contributed by atoms with Gasteiger partial charge in [0.15, 0.2) is 0 Å². The number of aromatic amines is 1. The largest absolute Gasteiger partial charge is 0.343 e. The van der Waals surface area contributed by atoms with Crippen molar-refractivity contribution >= 4 is 23.2 Å². The Bertz CT molecular complexity index is 911. The molecule has 4 aromatic rings. The quantitative estimate of drug-likeness (QED) is 0.464. The molecule has 28 heavy (non-hydrogen) atoms. The van der Waals surface area contributed by atoms with E-state index in [0.717, 1.165) is 12.0 Å². The van der Waals surface area contributed by atoms with Crippen molar-refractivity contribution in [2.45, 2.75) is 25.9 Å². The van der Waals surface area contributed by atoms with Crippen LogP contribution in [-0.2, 0) is 6.16 Å². The van der Waals surface area contributed by atoms with Crippen molar-refractivity contribution in [3.05, 3.63) is 109 Å². The van der Waals surface area contributed by atoms with Gasteiger partial charge >= 0.3 is 0 Å². The number of nitrogens with zero attached hydrogens (tertiary/aromatic N) is 1. The Hall–Kier alpha value is -2.70. The predicted molar refractivity (Wildman–Crippen MR) is 122 cm³/mol. The molecule has 2 nitrogen and oxygen atoms in total. The Balaban J connectivity index is 1.95. The first kappa shape index (κ1) is 18.7. The molecule has 0 spiro atoms. The minimum atomic E-state index is -1.89. The number of rotatable bonds is 6. The van der Waals surface area contributed by atoms with E-state index >= 15 is 0 Å². The van der Waals surface area contributed by atoms with Crippen LogP contribution in [0.25, 0.3) is 0 Å². The van der Waals surface area contributed by atoms with Gasteiger partial charge in [0.05, 0.1) is 0 Å². The predicted octanol–water partition coefficient (Wildman–Crippen LogP) is 5.03. The summed E-state index contributed by atoms with van der Waals surface area (Å²) in [7, 11) is -1.89. The van der Waals surface area contributed by atoms with E-state index in [9.17, 15) is 0 Å². The molecule has 0 saturated carbocycles. The smallest absolute Gasteiger partial charge is 0.145 e. The first-order valence-corrected chi connectivity index (χ1v) is 11.8. The molecule has 140 valence electrons. The van der Waals surface area contributed by atoms with Crippen LogP contribution in [-0.4, -0.2) is 9.97 Å². The Morgan fingerprint density at radius 1 is 0.714 bits per heavy atom. The van der Waals surface area contributed by atoms with Crippen LogP contribution in [0.3, 0.4) is 0 Å². The van der Waals surface area contributed by atoms with Crippen molar-refractivity contribution in [3.63, 3.8) is 0 Å². The lowest BCUT2D eigenvalue weighted by Crippen LogP contribution is -2.32. The minimum absolute atomic E-state index is 0.444. The zero-order valence-corrected chi connectivity index (χ0v) is 17.3. The zero-order chi connectivity index (χ0) is 19.4. The van der Waals surface area contributed by atoms with Crippen molar-refractivity contribution in [1.29, 1.82) is 0 Å². The highest BCUT2D eigenvalue weighted by Crippen LogP contribution is 2.57. The summed E-state index contributed by atoms with van der Waals surface area (Å²) < 4.78 is 0. The van der Waals surface area contributed by atoms with Gasteiger partial charge in [-0.1, -0.05) is 68.4 Å². The summed E-state index contributed by atoms with van der Waals surface area (Å²) in [6.07, 6.45) is 2.88. The molecule has 4 rings (SSSR count). The van der Waals surface area contributed by atoms with Gasteiger partial charge in [-0.3, -0.25) is 0 Å². The van der Waals surface area contributed by atoms with Crippen LogP contribution in [0.1, 0.15) is 31.3 Å². The highest BCUT2D eigenvalue weighted by molar-refractivity contribution is 7.95. The van der Waals surface area contributed by atoms with Gasteiger partial charge in [-0.15, -0.1) is 0 Å². The maximum absolute atomic E-state index is 4.77. The van der Waals surface area contributed by atoms with Crippen LogP contribution in [0, 0.1) is 0 Å². The van der Waals surface area contributed by atoms with E-state index in [1.807, 2.05) is 6.20 Å². The summed E-state index contributed by atoms with van der Waals surface area (Å²) >= 11 is 0. The Kier molecular flexibility index (Phi) is 5.41. The molecule has 0 radical (unpaired) electrons. The van der Waals surface area contributed by atoms with Gasteiger partial charge in [-0.05, 0) is 42.3 Å². The topological polar surface area (TPSA) is 28.7 Å². The summed E-state index contributed by atoms with van der Waals surface area (Å²) in [6.45, 7) is 4.40. The molecule has 0 aliphatic rings. The number of H-pyrrole nitrogens is 1. The standard InChI is InChI=1S/C25H26N2P/c1-20(2)24-18-26-25(27-24)19-28(21-12-6-3-7-13-21,22-14-8-4-9-15-22)23-16-10-5-11-17-23/h3-18,20H,19H2,1-2H3,(H,26,27)/q+1. The summed E-state index contributed by atoms with van der Waals surface area (Å²) in [5.41, 5.74) is 1.20. The van der Waals surface area contributed by atoms with E-state index < -0.39 is 7.26 Å². The van der Waals surface area contributed by atoms with Crippen molar-refractivity contribution in [3.8, 4) is 0 Å². The van der Waals surface area contributed by atoms with Gasteiger partial charge in [-0.2, -0.15) is 0 Å². The lowest BCUT2D eigenvalue weighted by Gasteiger charge is -2.27. The van der Waals surface area contributed by atoms with Crippen LogP contribution in [0.2, 0.25) is 0 Å². The first-order valence-electron chi connectivity index (χ1n) is 9.79. The third-order valence-electron chi connectivity index (χ3n) is 5.25. The second-order valence-corrected chi connectivity index (χ2v) is 10.9. The van der Waals surface area contributed by atoms with Crippen molar-refractivity contribution in [2.75, 3.05) is 0 Å². The molecule has 0 atom stereocenters. The second-order valence-electron chi connectivity index (χ2n) is 7.41. The molecular weight excluding hydrogens is 359 g/mol. The van der Waals surface area contributed by atoms with Gasteiger partial charge in [0, 0.05) is 11.9 Å². The molecule has 0 saturated heterocycles. The third kappa shape index (κ3) is 3.53. The summed E-state index contributed by atoms with van der Waals surface area (Å²) in [4.78, 5) is 8.36. The van der Waals surface area contributed by atoms with Crippen molar-refractivity contribution < 1.29 is 0 Å². The number of hydrogen-bond acceptors (Lipinski definition) is 1. The van der Waals surface area contributed by atoms with Crippen molar-refractivity contribution in [1.82, 2.24) is 9.97 Å². The number of imidazole rings is 1. The molecule has 0 unspecified atom stereocenters. The van der Waals surface area contributed by atoms with Crippen LogP contribution in [0.5, 0.6) is 0 Å². The number of nitrogens with one attached hydrogen (secondary N) is 1.